The highest BCUT2D eigenvalue weighted by molar-refractivity contribution is 5.91. The molecule has 0 radical (unpaired) electrons. The molecule has 0 N–H and O–H groups in total. The molecule has 0 aliphatic carbocycles. The first kappa shape index (κ1) is 14.8. The molecule has 0 bridgehead atoms. The Hall–Kier alpha value is -2.08. The molecule has 2 aromatic heterocycles. The molecule has 0 unspecified atom stereocenters. The average molecular weight is 302 g/mol. The fraction of sp³-hybridized carbons (Fsp3) is 0.500. The van der Waals surface area contributed by atoms with E-state index in [-0.39, 0.29) is 5.91 Å². The number of carbonyl (C=O) groups excluding carboxylic acids is 1. The Bertz CT molecular complexity index is 632. The predicted molar refractivity (Wildman–Crippen MR) is 82.6 cm³/mol. The van der Waals surface area contributed by atoms with Crippen molar-refractivity contribution in [2.75, 3.05) is 27.2 Å². The molecule has 118 valence electrons. The van der Waals surface area contributed by atoms with Gasteiger partial charge in [-0.1, -0.05) is 6.92 Å². The molecule has 3 heterocycles. The molecule has 22 heavy (non-hydrogen) atoms. The Morgan fingerprint density at radius 2 is 2.23 bits per heavy atom. The molecular weight excluding hydrogens is 280 g/mol. The van der Waals surface area contributed by atoms with Gasteiger partial charge in [-0.2, -0.15) is 5.10 Å². The third kappa shape index (κ3) is 2.92. The van der Waals surface area contributed by atoms with Gasteiger partial charge in [-0.25, -0.2) is 0 Å². The van der Waals surface area contributed by atoms with Gasteiger partial charge in [0.2, 0.25) is 0 Å². The lowest BCUT2D eigenvalue weighted by Crippen LogP contribution is -2.35. The van der Waals surface area contributed by atoms with E-state index in [4.69, 9.17) is 4.42 Å². The fourth-order valence-electron chi connectivity index (χ4n) is 3.07. The van der Waals surface area contributed by atoms with Crippen LogP contribution in [0.5, 0.6) is 0 Å². The van der Waals surface area contributed by atoms with Crippen LogP contribution in [0.1, 0.15) is 23.2 Å². The highest BCUT2D eigenvalue weighted by Crippen LogP contribution is 2.22. The van der Waals surface area contributed by atoms with Crippen LogP contribution in [0.25, 0.3) is 0 Å². The molecule has 6 nitrogen and oxygen atoms in total. The number of nitrogens with zero attached hydrogens (tertiary/aromatic N) is 4. The van der Waals surface area contributed by atoms with Crippen molar-refractivity contribution in [1.82, 2.24) is 19.6 Å². The molecule has 1 aliphatic heterocycles. The van der Waals surface area contributed by atoms with Crippen molar-refractivity contribution in [3.8, 4) is 0 Å². The number of hydrogen-bond donors (Lipinski definition) is 0. The Morgan fingerprint density at radius 3 is 2.86 bits per heavy atom. The maximum absolute atomic E-state index is 12.6. The molecule has 6 heteroatoms. The summed E-state index contributed by atoms with van der Waals surface area (Å²) >= 11 is 0. The van der Waals surface area contributed by atoms with Crippen LogP contribution in [-0.4, -0.2) is 58.7 Å². The molecule has 1 amide bonds. The van der Waals surface area contributed by atoms with Gasteiger partial charge in [0.25, 0.3) is 5.91 Å². The molecule has 1 fully saturated rings. The number of likely N-dealkylation sites (tertiary alicyclic amines) is 1. The van der Waals surface area contributed by atoms with Crippen LogP contribution in [0.4, 0.5) is 0 Å². The van der Waals surface area contributed by atoms with Gasteiger partial charge in [0.05, 0.1) is 6.54 Å². The van der Waals surface area contributed by atoms with Crippen LogP contribution < -0.4 is 0 Å². The predicted octanol–water partition coefficient (Wildman–Crippen LogP) is 1.55. The summed E-state index contributed by atoms with van der Waals surface area (Å²) in [6.07, 6.45) is 3.59. The van der Waals surface area contributed by atoms with Crippen molar-refractivity contribution in [2.24, 2.45) is 5.92 Å². The lowest BCUT2D eigenvalue weighted by atomic mass is 10.1. The maximum Gasteiger partial charge on any atom is 0.289 e. The van der Waals surface area contributed by atoms with Crippen molar-refractivity contribution in [1.29, 1.82) is 0 Å². The van der Waals surface area contributed by atoms with Crippen molar-refractivity contribution in [3.05, 3.63) is 42.1 Å². The minimum atomic E-state index is -0.0251. The van der Waals surface area contributed by atoms with Gasteiger partial charge in [0.15, 0.2) is 5.76 Å². The number of aromatic nitrogens is 2. The first-order valence-electron chi connectivity index (χ1n) is 7.56. The minimum Gasteiger partial charge on any atom is -0.454 e. The van der Waals surface area contributed by atoms with E-state index < -0.39 is 0 Å². The second-order valence-corrected chi connectivity index (χ2v) is 6.19. The number of likely N-dealkylation sites (N-methyl/N-ethyl adjacent to an activating group) is 1. The molecule has 3 rings (SSSR count). The van der Waals surface area contributed by atoms with Gasteiger partial charge < -0.3 is 14.2 Å². The summed E-state index contributed by atoms with van der Waals surface area (Å²) in [6, 6.07) is 5.87. The second kappa shape index (κ2) is 5.96. The van der Waals surface area contributed by atoms with E-state index in [1.807, 2.05) is 23.2 Å². The Balaban J connectivity index is 1.67. The average Bonchev–Trinajstić information content (AvgIpc) is 3.19. The van der Waals surface area contributed by atoms with Gasteiger partial charge in [0, 0.05) is 31.5 Å². The van der Waals surface area contributed by atoms with E-state index in [0.29, 0.717) is 24.3 Å². The first-order chi connectivity index (χ1) is 10.5. The van der Waals surface area contributed by atoms with Gasteiger partial charge in [-0.05, 0) is 38.2 Å². The topological polar surface area (TPSA) is 54.5 Å². The molecular formula is C16H22N4O2. The summed E-state index contributed by atoms with van der Waals surface area (Å²) in [6.45, 7) is 4.25. The first-order valence-corrected chi connectivity index (χ1v) is 7.56. The quantitative estimate of drug-likeness (QED) is 0.860. The lowest BCUT2D eigenvalue weighted by molar-refractivity contribution is 0.0747. The number of carbonyl (C=O) groups is 1. The van der Waals surface area contributed by atoms with Gasteiger partial charge in [-0.3, -0.25) is 9.48 Å². The zero-order chi connectivity index (χ0) is 15.7. The van der Waals surface area contributed by atoms with E-state index in [2.05, 4.69) is 31.0 Å². The zero-order valence-corrected chi connectivity index (χ0v) is 13.3. The zero-order valence-electron chi connectivity index (χ0n) is 13.3. The summed E-state index contributed by atoms with van der Waals surface area (Å²) in [5.41, 5.74) is 0. The SMILES string of the molecule is C[C@H]1CN(C(=O)c2ccc(Cn3cccn3)o2)C[C@H]1N(C)C. The van der Waals surface area contributed by atoms with E-state index >= 15 is 0 Å². The lowest BCUT2D eigenvalue weighted by Gasteiger charge is -2.22. The monoisotopic (exact) mass is 302 g/mol. The van der Waals surface area contributed by atoms with Crippen LogP contribution in [0.15, 0.2) is 35.0 Å². The Kier molecular flexibility index (Phi) is 4.02. The van der Waals surface area contributed by atoms with Gasteiger partial charge in [0.1, 0.15) is 5.76 Å². The normalized spacial score (nSPS) is 21.7. The number of hydrogen-bond acceptors (Lipinski definition) is 4. The molecule has 2 aromatic rings. The summed E-state index contributed by atoms with van der Waals surface area (Å²) in [7, 11) is 4.12. The highest BCUT2D eigenvalue weighted by atomic mass is 16.4. The minimum absolute atomic E-state index is 0.0251. The molecule has 0 saturated carbocycles. The third-order valence-corrected chi connectivity index (χ3v) is 4.27. The number of amides is 1. The standard InChI is InChI=1S/C16H22N4O2/c1-12-9-19(11-14(12)18(2)3)16(21)15-6-5-13(22-15)10-20-8-4-7-17-20/h4-8,12,14H,9-11H2,1-3H3/t12-,14+/m0/s1. The van der Waals surface area contributed by atoms with Crippen LogP contribution >= 0.6 is 0 Å². The van der Waals surface area contributed by atoms with Crippen molar-refractivity contribution < 1.29 is 9.21 Å². The van der Waals surface area contributed by atoms with Gasteiger partial charge >= 0.3 is 0 Å². The summed E-state index contributed by atoms with van der Waals surface area (Å²) in [5, 5.41) is 4.14. The van der Waals surface area contributed by atoms with E-state index in [0.717, 1.165) is 18.8 Å². The molecule has 1 saturated heterocycles. The van der Waals surface area contributed by atoms with Crippen LogP contribution in [0.3, 0.4) is 0 Å². The van der Waals surface area contributed by atoms with Crippen LogP contribution in [-0.2, 0) is 6.54 Å². The molecule has 0 aromatic carbocycles. The summed E-state index contributed by atoms with van der Waals surface area (Å²) in [5.74, 6) is 1.59. The van der Waals surface area contributed by atoms with E-state index in [1.165, 1.54) is 0 Å². The van der Waals surface area contributed by atoms with Crippen molar-refractivity contribution in [2.45, 2.75) is 19.5 Å². The molecule has 0 spiro atoms. The summed E-state index contributed by atoms with van der Waals surface area (Å²) in [4.78, 5) is 16.6. The third-order valence-electron chi connectivity index (χ3n) is 4.27. The van der Waals surface area contributed by atoms with E-state index in [9.17, 15) is 4.79 Å². The van der Waals surface area contributed by atoms with Crippen LogP contribution in [0.2, 0.25) is 0 Å². The summed E-state index contributed by atoms with van der Waals surface area (Å²) < 4.78 is 7.47. The smallest absolute Gasteiger partial charge is 0.289 e. The highest BCUT2D eigenvalue weighted by Gasteiger charge is 2.34. The van der Waals surface area contributed by atoms with E-state index in [1.54, 1.807) is 16.9 Å². The molecule has 1 aliphatic rings. The Labute approximate surface area is 130 Å². The second-order valence-electron chi connectivity index (χ2n) is 6.19. The number of rotatable bonds is 4. The van der Waals surface area contributed by atoms with Crippen LogP contribution in [0, 0.1) is 5.92 Å². The fourth-order valence-corrected chi connectivity index (χ4v) is 3.07. The van der Waals surface area contributed by atoms with Gasteiger partial charge in [-0.15, -0.1) is 0 Å². The molecule has 2 atom stereocenters. The number of furan rings is 1. The largest absolute Gasteiger partial charge is 0.454 e. The van der Waals surface area contributed by atoms with Crippen molar-refractivity contribution in [3.63, 3.8) is 0 Å². The van der Waals surface area contributed by atoms with Crippen molar-refractivity contribution >= 4 is 5.91 Å². The maximum atomic E-state index is 12.6. The Morgan fingerprint density at radius 1 is 1.41 bits per heavy atom.